The van der Waals surface area contributed by atoms with E-state index in [9.17, 15) is 5.11 Å². The molecular weight excluding hydrogens is 364 g/mol. The topological polar surface area (TPSA) is 63.1 Å². The fourth-order valence-electron chi connectivity index (χ4n) is 3.70. The molecule has 0 saturated carbocycles. The number of rotatable bonds is 5. The number of ether oxygens (including phenoxy) is 2. The van der Waals surface area contributed by atoms with E-state index in [-0.39, 0.29) is 18.0 Å². The van der Waals surface area contributed by atoms with E-state index >= 15 is 0 Å². The van der Waals surface area contributed by atoms with Gasteiger partial charge in [-0.05, 0) is 35.9 Å². The Hall–Kier alpha value is -3.31. The maximum atomic E-state index is 10.4. The Morgan fingerprint density at radius 1 is 0.931 bits per heavy atom. The fraction of sp³-hybridized carbons (Fsp3) is 0.208. The minimum absolute atomic E-state index is 0.0580. The highest BCUT2D eigenvalue weighted by Crippen LogP contribution is 2.37. The fourth-order valence-corrected chi connectivity index (χ4v) is 3.70. The molecule has 1 aliphatic rings. The van der Waals surface area contributed by atoms with Gasteiger partial charge in [-0.25, -0.2) is 0 Å². The van der Waals surface area contributed by atoms with Crippen LogP contribution in [0.15, 0.2) is 77.8 Å². The lowest BCUT2D eigenvalue weighted by Gasteiger charge is -2.31. The summed E-state index contributed by atoms with van der Waals surface area (Å²) < 4.78 is 11.1. The van der Waals surface area contributed by atoms with E-state index in [0.29, 0.717) is 6.42 Å². The standard InChI is InChI=1S/C24H24N2O3/c1-28-17-12-13-23(29-2)19(14-17)21-15-20(18-10-6-7-11-22(18)27)25-24(26-21)16-8-4-3-5-9-16/h3-14,21,24,26-27H,15H2,1-2H3/t21-,24-/m1/s1. The lowest BCUT2D eigenvalue weighted by atomic mass is 9.93. The first kappa shape index (κ1) is 19.0. The lowest BCUT2D eigenvalue weighted by Crippen LogP contribution is -2.33. The molecule has 148 valence electrons. The van der Waals surface area contributed by atoms with Crippen LogP contribution in [-0.2, 0) is 0 Å². The quantitative estimate of drug-likeness (QED) is 0.669. The minimum Gasteiger partial charge on any atom is -0.507 e. The van der Waals surface area contributed by atoms with E-state index < -0.39 is 0 Å². The summed E-state index contributed by atoms with van der Waals surface area (Å²) in [5.74, 6) is 1.79. The van der Waals surface area contributed by atoms with Crippen molar-refractivity contribution in [3.05, 3.63) is 89.5 Å². The zero-order chi connectivity index (χ0) is 20.2. The molecule has 2 atom stereocenters. The van der Waals surface area contributed by atoms with Gasteiger partial charge in [0.2, 0.25) is 0 Å². The molecule has 3 aromatic rings. The molecule has 2 N–H and O–H groups in total. The Balaban J connectivity index is 1.79. The highest BCUT2D eigenvalue weighted by molar-refractivity contribution is 6.03. The number of phenols is 1. The molecule has 5 nitrogen and oxygen atoms in total. The largest absolute Gasteiger partial charge is 0.507 e. The molecule has 0 fully saturated rings. The van der Waals surface area contributed by atoms with Crippen molar-refractivity contribution < 1.29 is 14.6 Å². The molecular formula is C24H24N2O3. The summed E-state index contributed by atoms with van der Waals surface area (Å²) in [7, 11) is 3.32. The third-order valence-electron chi connectivity index (χ3n) is 5.18. The summed E-state index contributed by atoms with van der Waals surface area (Å²) in [6.45, 7) is 0. The van der Waals surface area contributed by atoms with Gasteiger partial charge in [0.15, 0.2) is 0 Å². The predicted molar refractivity (Wildman–Crippen MR) is 114 cm³/mol. The third-order valence-corrected chi connectivity index (χ3v) is 5.18. The van der Waals surface area contributed by atoms with Crippen LogP contribution in [-0.4, -0.2) is 25.0 Å². The Kier molecular flexibility index (Phi) is 5.49. The second kappa shape index (κ2) is 8.37. The smallest absolute Gasteiger partial charge is 0.126 e. The molecule has 0 radical (unpaired) electrons. The van der Waals surface area contributed by atoms with Crippen molar-refractivity contribution in [1.29, 1.82) is 0 Å². The average Bonchev–Trinajstić information content (AvgIpc) is 2.79. The number of phenolic OH excluding ortho intramolecular Hbond substituents is 1. The van der Waals surface area contributed by atoms with E-state index in [1.54, 1.807) is 20.3 Å². The van der Waals surface area contributed by atoms with Crippen LogP contribution in [0.2, 0.25) is 0 Å². The number of nitrogens with one attached hydrogen (secondary N) is 1. The Morgan fingerprint density at radius 2 is 1.69 bits per heavy atom. The summed E-state index contributed by atoms with van der Waals surface area (Å²) in [6, 6.07) is 23.2. The molecule has 0 aromatic heterocycles. The first-order chi connectivity index (χ1) is 14.2. The van der Waals surface area contributed by atoms with E-state index in [1.165, 1.54) is 0 Å². The summed E-state index contributed by atoms with van der Waals surface area (Å²) in [5.41, 5.74) is 3.66. The van der Waals surface area contributed by atoms with Gasteiger partial charge in [-0.1, -0.05) is 42.5 Å². The van der Waals surface area contributed by atoms with Crippen LogP contribution in [0.1, 0.15) is 35.3 Å². The Morgan fingerprint density at radius 3 is 2.41 bits per heavy atom. The molecule has 0 amide bonds. The van der Waals surface area contributed by atoms with Gasteiger partial charge >= 0.3 is 0 Å². The molecule has 0 saturated heterocycles. The molecule has 0 aliphatic carbocycles. The van der Waals surface area contributed by atoms with Crippen molar-refractivity contribution >= 4 is 5.71 Å². The zero-order valence-corrected chi connectivity index (χ0v) is 16.5. The van der Waals surface area contributed by atoms with Crippen LogP contribution in [0.4, 0.5) is 0 Å². The average molecular weight is 388 g/mol. The maximum Gasteiger partial charge on any atom is 0.126 e. The first-order valence-electron chi connectivity index (χ1n) is 9.57. The second-order valence-electron chi connectivity index (χ2n) is 6.94. The second-order valence-corrected chi connectivity index (χ2v) is 6.94. The normalized spacial score (nSPS) is 18.8. The van der Waals surface area contributed by atoms with E-state index in [1.807, 2.05) is 54.6 Å². The van der Waals surface area contributed by atoms with E-state index in [2.05, 4.69) is 17.4 Å². The van der Waals surface area contributed by atoms with Crippen LogP contribution < -0.4 is 14.8 Å². The Bertz CT molecular complexity index is 1020. The number of hydrogen-bond donors (Lipinski definition) is 2. The molecule has 0 bridgehead atoms. The van der Waals surface area contributed by atoms with Crippen LogP contribution in [0, 0.1) is 0 Å². The summed E-state index contributed by atoms with van der Waals surface area (Å²) >= 11 is 0. The molecule has 29 heavy (non-hydrogen) atoms. The van der Waals surface area contributed by atoms with Gasteiger partial charge in [-0.2, -0.15) is 0 Å². The SMILES string of the molecule is COc1ccc(OC)c([C@H]2CC(c3ccccc3O)=N[C@@H](c3ccccc3)N2)c1. The predicted octanol–water partition coefficient (Wildman–Crippen LogP) is 4.63. The van der Waals surface area contributed by atoms with Crippen LogP contribution in [0.5, 0.6) is 17.2 Å². The van der Waals surface area contributed by atoms with Gasteiger partial charge in [0.25, 0.3) is 0 Å². The molecule has 5 heteroatoms. The summed E-state index contributed by atoms with van der Waals surface area (Å²) in [5, 5.41) is 14.0. The monoisotopic (exact) mass is 388 g/mol. The molecule has 4 rings (SSSR count). The van der Waals surface area contributed by atoms with Crippen molar-refractivity contribution in [2.75, 3.05) is 14.2 Å². The zero-order valence-electron chi connectivity index (χ0n) is 16.5. The van der Waals surface area contributed by atoms with Crippen molar-refractivity contribution in [3.8, 4) is 17.2 Å². The van der Waals surface area contributed by atoms with Gasteiger partial charge in [-0.15, -0.1) is 0 Å². The highest BCUT2D eigenvalue weighted by atomic mass is 16.5. The number of nitrogens with zero attached hydrogens (tertiary/aromatic N) is 1. The van der Waals surface area contributed by atoms with Crippen molar-refractivity contribution in [1.82, 2.24) is 5.32 Å². The van der Waals surface area contributed by atoms with Crippen LogP contribution in [0.3, 0.4) is 0 Å². The number of benzene rings is 3. The van der Waals surface area contributed by atoms with E-state index in [0.717, 1.165) is 33.9 Å². The molecule has 0 spiro atoms. The highest BCUT2D eigenvalue weighted by Gasteiger charge is 2.29. The van der Waals surface area contributed by atoms with Crippen molar-refractivity contribution in [2.24, 2.45) is 4.99 Å². The number of aromatic hydroxyl groups is 1. The van der Waals surface area contributed by atoms with Gasteiger partial charge in [0.1, 0.15) is 23.4 Å². The van der Waals surface area contributed by atoms with Gasteiger partial charge in [-0.3, -0.25) is 10.3 Å². The van der Waals surface area contributed by atoms with Gasteiger partial charge < -0.3 is 14.6 Å². The number of hydrogen-bond acceptors (Lipinski definition) is 5. The molecule has 1 aliphatic heterocycles. The first-order valence-corrected chi connectivity index (χ1v) is 9.57. The minimum atomic E-state index is -0.236. The molecule has 3 aromatic carbocycles. The third kappa shape index (κ3) is 3.96. The van der Waals surface area contributed by atoms with Crippen molar-refractivity contribution in [3.63, 3.8) is 0 Å². The summed E-state index contributed by atoms with van der Waals surface area (Å²) in [4.78, 5) is 4.93. The van der Waals surface area contributed by atoms with Crippen LogP contribution in [0.25, 0.3) is 0 Å². The van der Waals surface area contributed by atoms with E-state index in [4.69, 9.17) is 14.5 Å². The summed E-state index contributed by atoms with van der Waals surface area (Å²) in [6.07, 6.45) is 0.380. The molecule has 1 heterocycles. The molecule has 0 unspecified atom stereocenters. The number of para-hydroxylation sites is 1. The lowest BCUT2D eigenvalue weighted by molar-refractivity contribution is 0.378. The van der Waals surface area contributed by atoms with Crippen molar-refractivity contribution in [2.45, 2.75) is 18.6 Å². The van der Waals surface area contributed by atoms with Gasteiger partial charge in [0, 0.05) is 23.6 Å². The Labute approximate surface area is 170 Å². The maximum absolute atomic E-state index is 10.4. The van der Waals surface area contributed by atoms with Crippen LogP contribution >= 0.6 is 0 Å². The number of methoxy groups -OCH3 is 2. The van der Waals surface area contributed by atoms with Gasteiger partial charge in [0.05, 0.1) is 19.9 Å². The number of aliphatic imine (C=N–C) groups is 1.